The maximum absolute atomic E-state index is 5.45. The Hall–Kier alpha value is -1.36. The number of hydrogen-bond acceptors (Lipinski definition) is 5. The van der Waals surface area contributed by atoms with Crippen LogP contribution in [0.2, 0.25) is 0 Å². The number of nitrogens with zero attached hydrogens (tertiary/aromatic N) is 3. The molecule has 2 rings (SSSR count). The first-order chi connectivity index (χ1) is 8.63. The summed E-state index contributed by atoms with van der Waals surface area (Å²) in [5.41, 5.74) is 3.65. The smallest absolute Gasteiger partial charge is 0.148 e. The molecule has 2 heterocycles. The first kappa shape index (κ1) is 13.1. The van der Waals surface area contributed by atoms with E-state index in [-0.39, 0.29) is 0 Å². The van der Waals surface area contributed by atoms with E-state index in [4.69, 9.17) is 5.84 Å². The highest BCUT2D eigenvalue weighted by Crippen LogP contribution is 2.29. The Morgan fingerprint density at radius 2 is 2.00 bits per heavy atom. The van der Waals surface area contributed by atoms with Crippen molar-refractivity contribution < 1.29 is 0 Å². The molecule has 0 atom stereocenters. The minimum atomic E-state index is 0.714. The molecule has 1 fully saturated rings. The molecule has 1 aromatic heterocycles. The molecule has 0 unspecified atom stereocenters. The van der Waals surface area contributed by atoms with Crippen LogP contribution < -0.4 is 16.2 Å². The maximum Gasteiger partial charge on any atom is 0.148 e. The molecule has 5 nitrogen and oxygen atoms in total. The Balaban J connectivity index is 2.10. The van der Waals surface area contributed by atoms with Crippen LogP contribution in [0.4, 0.5) is 11.6 Å². The van der Waals surface area contributed by atoms with Gasteiger partial charge in [0.25, 0.3) is 0 Å². The molecule has 1 aliphatic heterocycles. The predicted molar refractivity (Wildman–Crippen MR) is 74.4 cm³/mol. The zero-order valence-corrected chi connectivity index (χ0v) is 11.5. The third-order valence-electron chi connectivity index (χ3n) is 3.98. The standard InChI is InChI=1S/C13H23N5/c1-9(2)11-4-6-18(7-5-11)13-10(3)12(17-14)15-8-16-13/h8-9,11H,4-7,14H2,1-3H3,(H,15,16,17). The molecular weight excluding hydrogens is 226 g/mol. The number of anilines is 2. The minimum Gasteiger partial charge on any atom is -0.356 e. The van der Waals surface area contributed by atoms with Crippen molar-refractivity contribution in [2.75, 3.05) is 23.4 Å². The lowest BCUT2D eigenvalue weighted by Crippen LogP contribution is -2.36. The molecule has 0 aromatic carbocycles. The van der Waals surface area contributed by atoms with Crippen molar-refractivity contribution in [3.05, 3.63) is 11.9 Å². The highest BCUT2D eigenvalue weighted by atomic mass is 15.3. The molecule has 1 saturated heterocycles. The lowest BCUT2D eigenvalue weighted by atomic mass is 9.86. The molecule has 0 bridgehead atoms. The third kappa shape index (κ3) is 2.56. The fourth-order valence-corrected chi connectivity index (χ4v) is 2.68. The van der Waals surface area contributed by atoms with Gasteiger partial charge in [-0.2, -0.15) is 0 Å². The van der Waals surface area contributed by atoms with Crippen molar-refractivity contribution in [3.8, 4) is 0 Å². The molecule has 0 aliphatic carbocycles. The number of piperidine rings is 1. The van der Waals surface area contributed by atoms with E-state index in [1.54, 1.807) is 6.33 Å². The van der Waals surface area contributed by atoms with Gasteiger partial charge in [-0.05, 0) is 31.6 Å². The van der Waals surface area contributed by atoms with E-state index in [1.807, 2.05) is 6.92 Å². The van der Waals surface area contributed by atoms with Crippen LogP contribution in [0.25, 0.3) is 0 Å². The van der Waals surface area contributed by atoms with Crippen molar-refractivity contribution in [2.24, 2.45) is 17.7 Å². The van der Waals surface area contributed by atoms with E-state index < -0.39 is 0 Å². The number of nitrogens with two attached hydrogens (primary N) is 1. The molecule has 100 valence electrons. The van der Waals surface area contributed by atoms with E-state index in [9.17, 15) is 0 Å². The van der Waals surface area contributed by atoms with Crippen LogP contribution in [0.15, 0.2) is 6.33 Å². The van der Waals surface area contributed by atoms with Gasteiger partial charge in [0, 0.05) is 18.7 Å². The first-order valence-corrected chi connectivity index (χ1v) is 6.66. The quantitative estimate of drug-likeness (QED) is 0.633. The van der Waals surface area contributed by atoms with E-state index in [0.29, 0.717) is 5.82 Å². The summed E-state index contributed by atoms with van der Waals surface area (Å²) in [6, 6.07) is 0. The molecule has 0 amide bonds. The summed E-state index contributed by atoms with van der Waals surface area (Å²) in [4.78, 5) is 10.9. The molecule has 5 heteroatoms. The highest BCUT2D eigenvalue weighted by molar-refractivity contribution is 5.57. The Morgan fingerprint density at radius 3 is 2.56 bits per heavy atom. The van der Waals surface area contributed by atoms with Gasteiger partial charge < -0.3 is 10.3 Å². The maximum atomic E-state index is 5.45. The second kappa shape index (κ2) is 5.52. The zero-order valence-electron chi connectivity index (χ0n) is 11.5. The average molecular weight is 249 g/mol. The summed E-state index contributed by atoms with van der Waals surface area (Å²) in [7, 11) is 0. The lowest BCUT2D eigenvalue weighted by molar-refractivity contribution is 0.310. The fraction of sp³-hybridized carbons (Fsp3) is 0.692. The normalized spacial score (nSPS) is 17.3. The lowest BCUT2D eigenvalue weighted by Gasteiger charge is -2.35. The van der Waals surface area contributed by atoms with Crippen molar-refractivity contribution >= 4 is 11.6 Å². The molecule has 0 spiro atoms. The molecule has 1 aliphatic rings. The van der Waals surface area contributed by atoms with Gasteiger partial charge in [-0.25, -0.2) is 15.8 Å². The van der Waals surface area contributed by atoms with Gasteiger partial charge in [0.1, 0.15) is 18.0 Å². The highest BCUT2D eigenvalue weighted by Gasteiger charge is 2.23. The van der Waals surface area contributed by atoms with Crippen molar-refractivity contribution in [3.63, 3.8) is 0 Å². The van der Waals surface area contributed by atoms with Gasteiger partial charge in [0.05, 0.1) is 0 Å². The van der Waals surface area contributed by atoms with Crippen molar-refractivity contribution in [1.29, 1.82) is 0 Å². The second-order valence-corrected chi connectivity index (χ2v) is 5.38. The van der Waals surface area contributed by atoms with Crippen LogP contribution >= 0.6 is 0 Å². The summed E-state index contributed by atoms with van der Waals surface area (Å²) in [6.45, 7) is 8.79. The van der Waals surface area contributed by atoms with E-state index >= 15 is 0 Å². The number of rotatable bonds is 3. The van der Waals surface area contributed by atoms with E-state index in [1.165, 1.54) is 12.8 Å². The topological polar surface area (TPSA) is 67.1 Å². The van der Waals surface area contributed by atoms with E-state index in [2.05, 4.69) is 34.1 Å². The Bertz CT molecular complexity index is 396. The van der Waals surface area contributed by atoms with Gasteiger partial charge in [-0.15, -0.1) is 0 Å². The SMILES string of the molecule is Cc1c(NN)ncnc1N1CCC(C(C)C)CC1. The molecular formula is C13H23N5. The van der Waals surface area contributed by atoms with Crippen molar-refractivity contribution in [1.82, 2.24) is 9.97 Å². The largest absolute Gasteiger partial charge is 0.356 e. The summed E-state index contributed by atoms with van der Waals surface area (Å²) in [5.74, 6) is 8.80. The predicted octanol–water partition coefficient (Wildman–Crippen LogP) is 1.94. The minimum absolute atomic E-state index is 0.714. The molecule has 1 aromatic rings. The van der Waals surface area contributed by atoms with Crippen LogP contribution in [0.5, 0.6) is 0 Å². The number of nitrogen functional groups attached to an aromatic ring is 1. The monoisotopic (exact) mass is 249 g/mol. The number of nitrogens with one attached hydrogen (secondary N) is 1. The Kier molecular flexibility index (Phi) is 4.01. The van der Waals surface area contributed by atoms with Crippen LogP contribution in [0.1, 0.15) is 32.3 Å². The second-order valence-electron chi connectivity index (χ2n) is 5.38. The first-order valence-electron chi connectivity index (χ1n) is 6.66. The molecule has 0 radical (unpaired) electrons. The van der Waals surface area contributed by atoms with Crippen LogP contribution in [-0.4, -0.2) is 23.1 Å². The number of aromatic nitrogens is 2. The van der Waals surface area contributed by atoms with Gasteiger partial charge in [0.15, 0.2) is 0 Å². The molecule has 18 heavy (non-hydrogen) atoms. The Morgan fingerprint density at radius 1 is 1.33 bits per heavy atom. The Labute approximate surface area is 109 Å². The summed E-state index contributed by atoms with van der Waals surface area (Å²) in [5, 5.41) is 0. The van der Waals surface area contributed by atoms with Crippen LogP contribution in [0.3, 0.4) is 0 Å². The molecule has 3 N–H and O–H groups in total. The number of hydrogen-bond donors (Lipinski definition) is 2. The fourth-order valence-electron chi connectivity index (χ4n) is 2.68. The van der Waals surface area contributed by atoms with Crippen molar-refractivity contribution in [2.45, 2.75) is 33.6 Å². The summed E-state index contributed by atoms with van der Waals surface area (Å²) in [6.07, 6.45) is 4.06. The van der Waals surface area contributed by atoms with Gasteiger partial charge in [0.2, 0.25) is 0 Å². The van der Waals surface area contributed by atoms with Crippen LogP contribution in [0, 0.1) is 18.8 Å². The van der Waals surface area contributed by atoms with Gasteiger partial charge in [-0.1, -0.05) is 13.8 Å². The zero-order chi connectivity index (χ0) is 13.1. The summed E-state index contributed by atoms with van der Waals surface area (Å²) < 4.78 is 0. The van der Waals surface area contributed by atoms with Gasteiger partial charge >= 0.3 is 0 Å². The average Bonchev–Trinajstić information content (AvgIpc) is 2.39. The number of hydrazine groups is 1. The van der Waals surface area contributed by atoms with E-state index in [0.717, 1.165) is 36.3 Å². The van der Waals surface area contributed by atoms with Crippen LogP contribution in [-0.2, 0) is 0 Å². The molecule has 0 saturated carbocycles. The van der Waals surface area contributed by atoms with Gasteiger partial charge in [-0.3, -0.25) is 0 Å². The third-order valence-corrected chi connectivity index (χ3v) is 3.98. The summed E-state index contributed by atoms with van der Waals surface area (Å²) >= 11 is 0.